The number of methoxy groups -OCH3 is 1. The van der Waals surface area contributed by atoms with Gasteiger partial charge in [-0.15, -0.1) is 0 Å². The van der Waals surface area contributed by atoms with Gasteiger partial charge in [-0.3, -0.25) is 0 Å². The first-order valence-corrected chi connectivity index (χ1v) is 10.1. The van der Waals surface area contributed by atoms with E-state index >= 15 is 0 Å². The molecule has 0 atom stereocenters. The summed E-state index contributed by atoms with van der Waals surface area (Å²) < 4.78 is 17.5. The first-order chi connectivity index (χ1) is 14.1. The number of benzene rings is 3. The summed E-state index contributed by atoms with van der Waals surface area (Å²) in [5, 5.41) is 2.35. The largest absolute Gasteiger partial charge is 0.493 e. The molecule has 0 heterocycles. The Morgan fingerprint density at radius 1 is 1.14 bits per heavy atom. The van der Waals surface area contributed by atoms with Crippen molar-refractivity contribution >= 4 is 45.4 Å². The van der Waals surface area contributed by atoms with Crippen molar-refractivity contribution in [2.45, 2.75) is 6.61 Å². The lowest BCUT2D eigenvalue weighted by atomic mass is 10.1. The van der Waals surface area contributed by atoms with Gasteiger partial charge in [-0.05, 0) is 62.7 Å². The Morgan fingerprint density at radius 3 is 2.72 bits per heavy atom. The van der Waals surface area contributed by atoms with Gasteiger partial charge in [0.25, 0.3) is 0 Å². The number of carbonyl (C=O) groups excluding carboxylic acids is 1. The fourth-order valence-electron chi connectivity index (χ4n) is 2.90. The quantitative estimate of drug-likeness (QED) is 0.170. The molecule has 0 saturated carbocycles. The van der Waals surface area contributed by atoms with Gasteiger partial charge in [0.2, 0.25) is 0 Å². The lowest BCUT2D eigenvalue weighted by Gasteiger charge is -2.14. The van der Waals surface area contributed by atoms with Crippen LogP contribution in [0.3, 0.4) is 0 Å². The van der Waals surface area contributed by atoms with Crippen molar-refractivity contribution in [3.8, 4) is 11.5 Å². The number of carbonyl (C=O) groups is 1. The average molecular weight is 500 g/mol. The molecular formula is C24H21IO4. The highest BCUT2D eigenvalue weighted by atomic mass is 127. The number of hydrogen-bond donors (Lipinski definition) is 0. The second-order valence-electron chi connectivity index (χ2n) is 6.21. The van der Waals surface area contributed by atoms with Gasteiger partial charge >= 0.3 is 5.97 Å². The van der Waals surface area contributed by atoms with E-state index in [-0.39, 0.29) is 6.61 Å². The molecule has 0 N–H and O–H groups in total. The minimum Gasteiger partial charge on any atom is -0.493 e. The Hall–Kier alpha value is -2.80. The molecule has 0 aliphatic heterocycles. The van der Waals surface area contributed by atoms with Crippen LogP contribution in [0.25, 0.3) is 16.8 Å². The molecule has 0 fully saturated rings. The van der Waals surface area contributed by atoms with Crippen molar-refractivity contribution in [3.05, 3.63) is 88.0 Å². The maximum absolute atomic E-state index is 11.6. The summed E-state index contributed by atoms with van der Waals surface area (Å²) in [5.74, 6) is 0.860. The molecule has 0 spiro atoms. The van der Waals surface area contributed by atoms with Crippen LogP contribution in [0.4, 0.5) is 0 Å². The third-order valence-corrected chi connectivity index (χ3v) is 5.06. The van der Waals surface area contributed by atoms with Gasteiger partial charge < -0.3 is 14.2 Å². The van der Waals surface area contributed by atoms with Crippen molar-refractivity contribution in [2.75, 3.05) is 13.7 Å². The van der Waals surface area contributed by atoms with Crippen LogP contribution in [0.15, 0.2) is 73.3 Å². The molecule has 0 aromatic heterocycles. The normalized spacial score (nSPS) is 10.8. The molecule has 3 aromatic rings. The fraction of sp³-hybridized carbons (Fsp3) is 0.125. The highest BCUT2D eigenvalue weighted by Crippen LogP contribution is 2.35. The highest BCUT2D eigenvalue weighted by molar-refractivity contribution is 14.1. The van der Waals surface area contributed by atoms with Crippen molar-refractivity contribution < 1.29 is 19.0 Å². The van der Waals surface area contributed by atoms with E-state index in [1.165, 1.54) is 22.9 Å². The Kier molecular flexibility index (Phi) is 7.30. The summed E-state index contributed by atoms with van der Waals surface area (Å²) in [6.45, 7) is 4.13. The zero-order chi connectivity index (χ0) is 20.6. The topological polar surface area (TPSA) is 44.8 Å². The summed E-state index contributed by atoms with van der Waals surface area (Å²) in [4.78, 5) is 11.6. The molecule has 5 heteroatoms. The number of ether oxygens (including phenoxy) is 3. The van der Waals surface area contributed by atoms with E-state index in [9.17, 15) is 4.79 Å². The number of halogens is 1. The van der Waals surface area contributed by atoms with Gasteiger partial charge in [-0.2, -0.15) is 0 Å². The second-order valence-corrected chi connectivity index (χ2v) is 7.38. The monoisotopic (exact) mass is 500 g/mol. The molecule has 0 aliphatic rings. The second kappa shape index (κ2) is 10.1. The van der Waals surface area contributed by atoms with Gasteiger partial charge in [0.15, 0.2) is 11.5 Å². The maximum atomic E-state index is 11.6. The molecule has 3 aromatic carbocycles. The molecule has 0 unspecified atom stereocenters. The minimum absolute atomic E-state index is 0.185. The van der Waals surface area contributed by atoms with E-state index in [4.69, 9.17) is 14.2 Å². The van der Waals surface area contributed by atoms with Crippen molar-refractivity contribution in [1.82, 2.24) is 0 Å². The lowest BCUT2D eigenvalue weighted by molar-refractivity contribution is -0.136. The summed E-state index contributed by atoms with van der Waals surface area (Å²) in [7, 11) is 1.60. The molecule has 0 radical (unpaired) electrons. The molecule has 4 nitrogen and oxygen atoms in total. The van der Waals surface area contributed by atoms with E-state index in [0.29, 0.717) is 18.1 Å². The van der Waals surface area contributed by atoms with Crippen LogP contribution in [-0.4, -0.2) is 19.7 Å². The zero-order valence-corrected chi connectivity index (χ0v) is 18.2. The summed E-state index contributed by atoms with van der Waals surface area (Å²) in [5.41, 5.74) is 1.93. The molecule has 0 aliphatic carbocycles. The Balaban J connectivity index is 1.80. The molecular weight excluding hydrogens is 479 g/mol. The number of rotatable bonds is 8. The van der Waals surface area contributed by atoms with Crippen LogP contribution in [0.2, 0.25) is 0 Å². The van der Waals surface area contributed by atoms with E-state index < -0.39 is 5.97 Å². The Labute approximate surface area is 183 Å². The van der Waals surface area contributed by atoms with Gasteiger partial charge in [-0.25, -0.2) is 4.79 Å². The predicted molar refractivity (Wildman–Crippen MR) is 124 cm³/mol. The molecule has 3 rings (SSSR count). The van der Waals surface area contributed by atoms with Crippen LogP contribution in [-0.2, 0) is 16.1 Å². The SMILES string of the molecule is C=CCOC(=O)/C=C/c1cc(I)c(OCc2cccc3ccccc23)c(OC)c1. The number of fused-ring (bicyclic) bond motifs is 1. The smallest absolute Gasteiger partial charge is 0.331 e. The van der Waals surface area contributed by atoms with Crippen LogP contribution in [0, 0.1) is 3.57 Å². The first kappa shape index (κ1) is 20.9. The van der Waals surface area contributed by atoms with Crippen LogP contribution in [0.5, 0.6) is 11.5 Å². The summed E-state index contributed by atoms with van der Waals surface area (Å²) in [6, 6.07) is 18.2. The van der Waals surface area contributed by atoms with E-state index in [0.717, 1.165) is 14.7 Å². The maximum Gasteiger partial charge on any atom is 0.331 e. The Morgan fingerprint density at radius 2 is 1.93 bits per heavy atom. The van der Waals surface area contributed by atoms with Crippen LogP contribution < -0.4 is 9.47 Å². The molecule has 0 saturated heterocycles. The van der Waals surface area contributed by atoms with E-state index in [1.54, 1.807) is 13.2 Å². The van der Waals surface area contributed by atoms with Gasteiger partial charge in [0, 0.05) is 6.08 Å². The van der Waals surface area contributed by atoms with Crippen molar-refractivity contribution in [3.63, 3.8) is 0 Å². The van der Waals surface area contributed by atoms with E-state index in [1.807, 2.05) is 30.3 Å². The van der Waals surface area contributed by atoms with Gasteiger partial charge in [0.05, 0.1) is 10.7 Å². The lowest BCUT2D eigenvalue weighted by Crippen LogP contribution is -2.01. The summed E-state index contributed by atoms with van der Waals surface area (Å²) in [6.07, 6.45) is 4.59. The highest BCUT2D eigenvalue weighted by Gasteiger charge is 2.12. The predicted octanol–water partition coefficient (Wildman–Crippen LogP) is 5.77. The first-order valence-electron chi connectivity index (χ1n) is 9.05. The number of esters is 1. The van der Waals surface area contributed by atoms with E-state index in [2.05, 4.69) is 53.4 Å². The number of hydrogen-bond acceptors (Lipinski definition) is 4. The zero-order valence-electron chi connectivity index (χ0n) is 16.1. The van der Waals surface area contributed by atoms with Crippen LogP contribution >= 0.6 is 22.6 Å². The third-order valence-electron chi connectivity index (χ3n) is 4.26. The average Bonchev–Trinajstić information content (AvgIpc) is 2.75. The molecule has 0 amide bonds. The van der Waals surface area contributed by atoms with Crippen LogP contribution in [0.1, 0.15) is 11.1 Å². The molecule has 29 heavy (non-hydrogen) atoms. The summed E-state index contributed by atoms with van der Waals surface area (Å²) >= 11 is 2.21. The molecule has 0 bridgehead atoms. The molecule has 148 valence electrons. The van der Waals surface area contributed by atoms with Crippen molar-refractivity contribution in [2.24, 2.45) is 0 Å². The Bertz CT molecular complexity index is 1050. The minimum atomic E-state index is -0.421. The van der Waals surface area contributed by atoms with Gasteiger partial charge in [0.1, 0.15) is 13.2 Å². The van der Waals surface area contributed by atoms with Gasteiger partial charge in [-0.1, -0.05) is 55.1 Å². The van der Waals surface area contributed by atoms with Crippen molar-refractivity contribution in [1.29, 1.82) is 0 Å². The fourth-order valence-corrected chi connectivity index (χ4v) is 3.68. The third kappa shape index (κ3) is 5.38. The standard InChI is InChI=1S/C24H21IO4/c1-3-13-28-23(26)12-11-17-14-21(25)24(22(15-17)27-2)29-16-19-9-6-8-18-7-4-5-10-20(18)19/h3-12,14-15H,1,13,16H2,2H3/b12-11+.